The van der Waals surface area contributed by atoms with Gasteiger partial charge in [-0.3, -0.25) is 0 Å². The first-order valence-corrected chi connectivity index (χ1v) is 7.09. The minimum Gasteiger partial charge on any atom is -0.316 e. The Morgan fingerprint density at radius 3 is 1.60 bits per heavy atom. The quantitative estimate of drug-likeness (QED) is 0.746. The van der Waals surface area contributed by atoms with Crippen LogP contribution in [0.3, 0.4) is 0 Å². The normalized spacial score (nSPS) is 27.8. The summed E-state index contributed by atoms with van der Waals surface area (Å²) in [5.74, 6) is 2.00. The molecule has 1 heteroatoms. The zero-order valence-electron chi connectivity index (χ0n) is 10.3. The van der Waals surface area contributed by atoms with Gasteiger partial charge < -0.3 is 5.32 Å². The standard InChI is InChI=1S/C14H27N/c1-15-14(13-10-7-11-13)12-8-5-3-2-4-6-9-12/h12-15H,2-11H2,1H3. The largest absolute Gasteiger partial charge is 0.316 e. The van der Waals surface area contributed by atoms with E-state index in [4.69, 9.17) is 0 Å². The van der Waals surface area contributed by atoms with Crippen LogP contribution in [0.4, 0.5) is 0 Å². The Kier molecular flexibility index (Phi) is 4.49. The van der Waals surface area contributed by atoms with Crippen molar-refractivity contribution in [3.8, 4) is 0 Å². The molecule has 0 amide bonds. The molecule has 15 heavy (non-hydrogen) atoms. The lowest BCUT2D eigenvalue weighted by Gasteiger charge is -2.39. The molecule has 2 aliphatic carbocycles. The summed E-state index contributed by atoms with van der Waals surface area (Å²) in [6.07, 6.45) is 14.9. The Morgan fingerprint density at radius 1 is 0.733 bits per heavy atom. The second-order valence-electron chi connectivity index (χ2n) is 5.61. The van der Waals surface area contributed by atoms with Crippen LogP contribution >= 0.6 is 0 Å². The van der Waals surface area contributed by atoms with Gasteiger partial charge in [0.25, 0.3) is 0 Å². The van der Waals surface area contributed by atoms with E-state index < -0.39 is 0 Å². The molecular formula is C14H27N. The lowest BCUT2D eigenvalue weighted by atomic mass is 9.72. The molecule has 1 N–H and O–H groups in total. The third kappa shape index (κ3) is 2.96. The van der Waals surface area contributed by atoms with Gasteiger partial charge in [-0.2, -0.15) is 0 Å². The van der Waals surface area contributed by atoms with Crippen LogP contribution in [0.25, 0.3) is 0 Å². The third-order valence-electron chi connectivity index (χ3n) is 4.65. The molecule has 0 spiro atoms. The zero-order valence-corrected chi connectivity index (χ0v) is 10.3. The van der Waals surface area contributed by atoms with Gasteiger partial charge in [0.15, 0.2) is 0 Å². The summed E-state index contributed by atoms with van der Waals surface area (Å²) in [6.45, 7) is 0. The predicted octanol–water partition coefficient (Wildman–Crippen LogP) is 3.74. The van der Waals surface area contributed by atoms with Crippen LogP contribution < -0.4 is 5.32 Å². The van der Waals surface area contributed by atoms with Crippen LogP contribution in [0.5, 0.6) is 0 Å². The van der Waals surface area contributed by atoms with E-state index in [1.807, 2.05) is 0 Å². The first kappa shape index (κ1) is 11.4. The van der Waals surface area contributed by atoms with Gasteiger partial charge in [-0.15, -0.1) is 0 Å². The van der Waals surface area contributed by atoms with Gasteiger partial charge in [-0.25, -0.2) is 0 Å². The highest BCUT2D eigenvalue weighted by molar-refractivity contribution is 4.87. The average Bonchev–Trinajstić information content (AvgIpc) is 2.11. The third-order valence-corrected chi connectivity index (χ3v) is 4.65. The van der Waals surface area contributed by atoms with Crippen molar-refractivity contribution in [3.05, 3.63) is 0 Å². The molecule has 1 atom stereocenters. The van der Waals surface area contributed by atoms with Crippen LogP contribution in [0, 0.1) is 11.8 Å². The van der Waals surface area contributed by atoms with E-state index in [9.17, 15) is 0 Å². The van der Waals surface area contributed by atoms with E-state index in [1.54, 1.807) is 0 Å². The van der Waals surface area contributed by atoms with E-state index in [-0.39, 0.29) is 0 Å². The lowest BCUT2D eigenvalue weighted by molar-refractivity contribution is 0.160. The summed E-state index contributed by atoms with van der Waals surface area (Å²) in [5, 5.41) is 3.62. The van der Waals surface area contributed by atoms with Crippen molar-refractivity contribution in [2.45, 2.75) is 70.3 Å². The van der Waals surface area contributed by atoms with E-state index in [0.29, 0.717) is 0 Å². The molecule has 2 rings (SSSR count). The Hall–Kier alpha value is -0.0400. The van der Waals surface area contributed by atoms with Crippen molar-refractivity contribution < 1.29 is 0 Å². The molecule has 2 aliphatic rings. The van der Waals surface area contributed by atoms with Crippen molar-refractivity contribution in [2.24, 2.45) is 11.8 Å². The molecule has 1 unspecified atom stereocenters. The van der Waals surface area contributed by atoms with Gasteiger partial charge in [0.1, 0.15) is 0 Å². The molecule has 2 fully saturated rings. The Morgan fingerprint density at radius 2 is 1.20 bits per heavy atom. The van der Waals surface area contributed by atoms with Crippen molar-refractivity contribution in [1.82, 2.24) is 5.32 Å². The summed E-state index contributed by atoms with van der Waals surface area (Å²) in [7, 11) is 2.18. The summed E-state index contributed by atoms with van der Waals surface area (Å²) >= 11 is 0. The van der Waals surface area contributed by atoms with Crippen LogP contribution in [0.15, 0.2) is 0 Å². The second-order valence-corrected chi connectivity index (χ2v) is 5.61. The molecule has 88 valence electrons. The van der Waals surface area contributed by atoms with E-state index in [0.717, 1.165) is 17.9 Å². The minimum atomic E-state index is 0.844. The maximum absolute atomic E-state index is 3.62. The zero-order chi connectivity index (χ0) is 10.5. The van der Waals surface area contributed by atoms with E-state index in [1.165, 1.54) is 64.2 Å². The van der Waals surface area contributed by atoms with Crippen LogP contribution in [0.1, 0.15) is 64.2 Å². The Bertz CT molecular complexity index is 166. The Labute approximate surface area is 95.0 Å². The van der Waals surface area contributed by atoms with Gasteiger partial charge >= 0.3 is 0 Å². The molecule has 0 aromatic carbocycles. The van der Waals surface area contributed by atoms with Crippen molar-refractivity contribution in [1.29, 1.82) is 0 Å². The second kappa shape index (κ2) is 5.89. The highest BCUT2D eigenvalue weighted by Crippen LogP contribution is 2.36. The van der Waals surface area contributed by atoms with Gasteiger partial charge in [0, 0.05) is 6.04 Å². The van der Waals surface area contributed by atoms with Crippen LogP contribution in [0.2, 0.25) is 0 Å². The Balaban J connectivity index is 1.85. The molecule has 0 radical (unpaired) electrons. The smallest absolute Gasteiger partial charge is 0.0121 e. The molecule has 0 heterocycles. The summed E-state index contributed by atoms with van der Waals surface area (Å²) in [6, 6.07) is 0.844. The number of rotatable bonds is 3. The molecule has 0 aliphatic heterocycles. The van der Waals surface area contributed by atoms with E-state index in [2.05, 4.69) is 12.4 Å². The molecule has 0 aromatic heterocycles. The van der Waals surface area contributed by atoms with Crippen LogP contribution in [-0.2, 0) is 0 Å². The highest BCUT2D eigenvalue weighted by atomic mass is 14.9. The van der Waals surface area contributed by atoms with Gasteiger partial charge in [0.05, 0.1) is 0 Å². The first-order valence-electron chi connectivity index (χ1n) is 7.09. The highest BCUT2D eigenvalue weighted by Gasteiger charge is 2.31. The van der Waals surface area contributed by atoms with Crippen LogP contribution in [-0.4, -0.2) is 13.1 Å². The maximum Gasteiger partial charge on any atom is 0.0121 e. The minimum absolute atomic E-state index is 0.844. The fourth-order valence-corrected chi connectivity index (χ4v) is 3.50. The van der Waals surface area contributed by atoms with Crippen molar-refractivity contribution in [2.75, 3.05) is 7.05 Å². The monoisotopic (exact) mass is 209 g/mol. The topological polar surface area (TPSA) is 12.0 Å². The molecular weight excluding hydrogens is 182 g/mol. The van der Waals surface area contributed by atoms with Gasteiger partial charge in [-0.05, 0) is 44.6 Å². The van der Waals surface area contributed by atoms with Crippen molar-refractivity contribution >= 4 is 0 Å². The molecule has 1 nitrogen and oxygen atoms in total. The van der Waals surface area contributed by atoms with E-state index >= 15 is 0 Å². The average molecular weight is 209 g/mol. The molecule has 2 saturated carbocycles. The maximum atomic E-state index is 3.62. The van der Waals surface area contributed by atoms with Crippen molar-refractivity contribution in [3.63, 3.8) is 0 Å². The fraction of sp³-hybridized carbons (Fsp3) is 1.00. The summed E-state index contributed by atoms with van der Waals surface area (Å²) in [4.78, 5) is 0. The molecule has 0 bridgehead atoms. The summed E-state index contributed by atoms with van der Waals surface area (Å²) in [5.41, 5.74) is 0. The SMILES string of the molecule is CNC(C1CCCCCCC1)C1CCC1. The summed E-state index contributed by atoms with van der Waals surface area (Å²) < 4.78 is 0. The number of hydrogen-bond acceptors (Lipinski definition) is 1. The first-order chi connectivity index (χ1) is 7.42. The van der Waals surface area contributed by atoms with Gasteiger partial charge in [0.2, 0.25) is 0 Å². The molecule has 0 saturated heterocycles. The number of hydrogen-bond donors (Lipinski definition) is 1. The fourth-order valence-electron chi connectivity index (χ4n) is 3.50. The lowest BCUT2D eigenvalue weighted by Crippen LogP contribution is -2.43. The number of nitrogens with one attached hydrogen (secondary N) is 1. The molecule has 0 aromatic rings. The predicted molar refractivity (Wildman–Crippen MR) is 66.0 cm³/mol. The van der Waals surface area contributed by atoms with Gasteiger partial charge in [-0.1, -0.05) is 38.5 Å².